The van der Waals surface area contributed by atoms with Crippen LogP contribution < -0.4 is 5.32 Å². The zero-order valence-corrected chi connectivity index (χ0v) is 13.7. The highest BCUT2D eigenvalue weighted by atomic mass is 14.9. The third kappa shape index (κ3) is 3.56. The summed E-state index contributed by atoms with van der Waals surface area (Å²) in [6.07, 6.45) is 15.8. The van der Waals surface area contributed by atoms with Crippen LogP contribution in [0, 0.1) is 17.8 Å². The van der Waals surface area contributed by atoms with Gasteiger partial charge in [-0.25, -0.2) is 0 Å². The first kappa shape index (κ1) is 15.4. The maximum atomic E-state index is 3.84. The fraction of sp³-hybridized carbons (Fsp3) is 0.684. The molecular weight excluding hydrogens is 242 g/mol. The van der Waals surface area contributed by atoms with Crippen molar-refractivity contribution in [2.45, 2.75) is 65.8 Å². The Morgan fingerprint density at radius 3 is 2.90 bits per heavy atom. The third-order valence-electron chi connectivity index (χ3n) is 5.04. The number of unbranched alkanes of at least 4 members (excludes halogenated alkanes) is 1. The summed E-state index contributed by atoms with van der Waals surface area (Å²) >= 11 is 0. The zero-order chi connectivity index (χ0) is 14.5. The van der Waals surface area contributed by atoms with Crippen LogP contribution in [-0.2, 0) is 0 Å². The van der Waals surface area contributed by atoms with Gasteiger partial charge in [0.15, 0.2) is 0 Å². The summed E-state index contributed by atoms with van der Waals surface area (Å²) in [5.41, 5.74) is 3.11. The fourth-order valence-corrected chi connectivity index (χ4v) is 3.48. The maximum Gasteiger partial charge on any atom is 0.0256 e. The molecule has 2 rings (SSSR count). The second kappa shape index (κ2) is 7.15. The minimum Gasteiger partial charge on any atom is -0.385 e. The second-order valence-electron chi connectivity index (χ2n) is 6.71. The van der Waals surface area contributed by atoms with Crippen LogP contribution in [0.1, 0.15) is 59.8 Å². The molecule has 1 N–H and O–H groups in total. The van der Waals surface area contributed by atoms with Crippen LogP contribution in [0.15, 0.2) is 35.6 Å². The number of hydrogen-bond donors (Lipinski definition) is 1. The number of allylic oxidation sites excluding steroid dienone is 5. The monoisotopic (exact) mass is 273 g/mol. The smallest absolute Gasteiger partial charge is 0.0256 e. The predicted molar refractivity (Wildman–Crippen MR) is 88.5 cm³/mol. The van der Waals surface area contributed by atoms with Gasteiger partial charge in [0.2, 0.25) is 0 Å². The summed E-state index contributed by atoms with van der Waals surface area (Å²) in [7, 11) is 0. The quantitative estimate of drug-likeness (QED) is 0.700. The van der Waals surface area contributed by atoms with E-state index in [0.717, 1.165) is 5.92 Å². The fourth-order valence-electron chi connectivity index (χ4n) is 3.48. The molecule has 0 fully saturated rings. The summed E-state index contributed by atoms with van der Waals surface area (Å²) in [6.45, 7) is 9.36. The van der Waals surface area contributed by atoms with Crippen LogP contribution in [0.25, 0.3) is 0 Å². The van der Waals surface area contributed by atoms with Crippen molar-refractivity contribution in [3.63, 3.8) is 0 Å². The lowest BCUT2D eigenvalue weighted by molar-refractivity contribution is 0.365. The van der Waals surface area contributed by atoms with Gasteiger partial charge in [0.25, 0.3) is 0 Å². The molecule has 0 bridgehead atoms. The molecule has 0 radical (unpaired) electrons. The third-order valence-corrected chi connectivity index (χ3v) is 5.04. The molecule has 0 spiro atoms. The Labute approximate surface area is 125 Å². The molecule has 2 aliphatic carbocycles. The molecule has 0 aliphatic heterocycles. The molecule has 4 atom stereocenters. The van der Waals surface area contributed by atoms with Gasteiger partial charge in [-0.05, 0) is 38.0 Å². The Kier molecular flexibility index (Phi) is 5.51. The molecule has 0 aromatic carbocycles. The largest absolute Gasteiger partial charge is 0.385 e. The van der Waals surface area contributed by atoms with Gasteiger partial charge in [0.05, 0.1) is 0 Å². The van der Waals surface area contributed by atoms with Gasteiger partial charge in [-0.15, -0.1) is 0 Å². The van der Waals surface area contributed by atoms with Crippen molar-refractivity contribution in [3.05, 3.63) is 35.6 Å². The molecule has 0 saturated heterocycles. The van der Waals surface area contributed by atoms with Gasteiger partial charge in [-0.3, -0.25) is 0 Å². The van der Waals surface area contributed by atoms with Gasteiger partial charge < -0.3 is 5.32 Å². The minimum atomic E-state index is 0.574. The van der Waals surface area contributed by atoms with Gasteiger partial charge in [0, 0.05) is 17.7 Å². The Hall–Kier alpha value is -0.980. The van der Waals surface area contributed by atoms with Gasteiger partial charge >= 0.3 is 0 Å². The SMILES string of the molecule is CCCCC(C)C(C)NC1=CCCC2=CC=CC(C)C21. The molecular formula is C19H31N. The van der Waals surface area contributed by atoms with Crippen molar-refractivity contribution in [2.24, 2.45) is 17.8 Å². The first-order valence-electron chi connectivity index (χ1n) is 8.47. The van der Waals surface area contributed by atoms with E-state index < -0.39 is 0 Å². The van der Waals surface area contributed by atoms with E-state index in [1.165, 1.54) is 37.8 Å². The van der Waals surface area contributed by atoms with Crippen LogP contribution >= 0.6 is 0 Å². The molecule has 0 aromatic rings. The Morgan fingerprint density at radius 1 is 1.35 bits per heavy atom. The standard InChI is InChI=1S/C19H31N/c1-5-6-9-14(2)16(4)20-18-13-8-12-17-11-7-10-15(3)19(17)18/h7,10-11,13-16,19-20H,5-6,8-9,12H2,1-4H3. The first-order chi connectivity index (χ1) is 9.63. The van der Waals surface area contributed by atoms with Gasteiger partial charge in [0.1, 0.15) is 0 Å². The van der Waals surface area contributed by atoms with E-state index in [9.17, 15) is 0 Å². The molecule has 0 amide bonds. The molecule has 4 unspecified atom stereocenters. The zero-order valence-electron chi connectivity index (χ0n) is 13.7. The normalized spacial score (nSPS) is 28.2. The van der Waals surface area contributed by atoms with E-state index in [1.54, 1.807) is 5.57 Å². The molecule has 1 heteroatoms. The van der Waals surface area contributed by atoms with Crippen molar-refractivity contribution < 1.29 is 0 Å². The lowest BCUT2D eigenvalue weighted by atomic mass is 9.75. The van der Waals surface area contributed by atoms with Crippen molar-refractivity contribution in [3.8, 4) is 0 Å². The van der Waals surface area contributed by atoms with Gasteiger partial charge in [-0.1, -0.05) is 63.5 Å². The van der Waals surface area contributed by atoms with E-state index in [2.05, 4.69) is 57.3 Å². The summed E-state index contributed by atoms with van der Waals surface area (Å²) in [4.78, 5) is 0. The molecule has 0 saturated carbocycles. The lowest BCUT2D eigenvalue weighted by Crippen LogP contribution is -2.37. The Balaban J connectivity index is 1.99. The Bertz CT molecular complexity index is 402. The molecule has 1 nitrogen and oxygen atoms in total. The summed E-state index contributed by atoms with van der Waals surface area (Å²) < 4.78 is 0. The van der Waals surface area contributed by atoms with E-state index in [0.29, 0.717) is 17.9 Å². The molecule has 0 aromatic heterocycles. The second-order valence-corrected chi connectivity index (χ2v) is 6.71. The maximum absolute atomic E-state index is 3.84. The Morgan fingerprint density at radius 2 is 2.15 bits per heavy atom. The minimum absolute atomic E-state index is 0.574. The van der Waals surface area contributed by atoms with E-state index in [-0.39, 0.29) is 0 Å². The lowest BCUT2D eigenvalue weighted by Gasteiger charge is -2.36. The highest BCUT2D eigenvalue weighted by Crippen LogP contribution is 2.37. The average Bonchev–Trinajstić information content (AvgIpc) is 2.45. The van der Waals surface area contributed by atoms with Crippen molar-refractivity contribution in [1.82, 2.24) is 5.32 Å². The first-order valence-corrected chi connectivity index (χ1v) is 8.47. The number of fused-ring (bicyclic) bond motifs is 1. The highest BCUT2D eigenvalue weighted by molar-refractivity contribution is 5.33. The number of hydrogen-bond acceptors (Lipinski definition) is 1. The number of rotatable bonds is 6. The van der Waals surface area contributed by atoms with Crippen LogP contribution in [0.5, 0.6) is 0 Å². The summed E-state index contributed by atoms with van der Waals surface area (Å²) in [6, 6.07) is 0.574. The average molecular weight is 273 g/mol. The van der Waals surface area contributed by atoms with E-state index >= 15 is 0 Å². The summed E-state index contributed by atoms with van der Waals surface area (Å²) in [5.74, 6) is 1.99. The summed E-state index contributed by atoms with van der Waals surface area (Å²) in [5, 5.41) is 3.84. The highest BCUT2D eigenvalue weighted by Gasteiger charge is 2.29. The molecule has 20 heavy (non-hydrogen) atoms. The molecule has 112 valence electrons. The number of nitrogens with one attached hydrogen (secondary N) is 1. The predicted octanol–water partition coefficient (Wildman–Crippen LogP) is 5.22. The molecule has 2 aliphatic rings. The molecule has 0 heterocycles. The van der Waals surface area contributed by atoms with Crippen molar-refractivity contribution in [1.29, 1.82) is 0 Å². The van der Waals surface area contributed by atoms with Crippen LogP contribution in [0.2, 0.25) is 0 Å². The van der Waals surface area contributed by atoms with E-state index in [1.807, 2.05) is 0 Å². The van der Waals surface area contributed by atoms with E-state index in [4.69, 9.17) is 0 Å². The van der Waals surface area contributed by atoms with Crippen molar-refractivity contribution >= 4 is 0 Å². The van der Waals surface area contributed by atoms with Crippen LogP contribution in [0.3, 0.4) is 0 Å². The van der Waals surface area contributed by atoms with Gasteiger partial charge in [-0.2, -0.15) is 0 Å². The van der Waals surface area contributed by atoms with Crippen LogP contribution in [-0.4, -0.2) is 6.04 Å². The van der Waals surface area contributed by atoms with Crippen molar-refractivity contribution in [2.75, 3.05) is 0 Å². The topological polar surface area (TPSA) is 12.0 Å². The van der Waals surface area contributed by atoms with Crippen LogP contribution in [0.4, 0.5) is 0 Å².